The number of aliphatic carboxylic acids is 1. The number of hydrogen-bond donors (Lipinski definition) is 2. The highest BCUT2D eigenvalue weighted by Crippen LogP contribution is 2.15. The second-order valence-corrected chi connectivity index (χ2v) is 4.98. The minimum atomic E-state index is -2.15. The first kappa shape index (κ1) is 14.2. The van der Waals surface area contributed by atoms with Crippen molar-refractivity contribution in [3.05, 3.63) is 18.5 Å². The van der Waals surface area contributed by atoms with Gasteiger partial charge in [-0.05, 0) is 26.8 Å². The fourth-order valence-electron chi connectivity index (χ4n) is 1.24. The lowest BCUT2D eigenvalue weighted by atomic mass is 10.0. The Kier molecular flexibility index (Phi) is 3.76. The number of carbonyl (C=O) groups is 2. The van der Waals surface area contributed by atoms with Gasteiger partial charge < -0.3 is 15.6 Å². The number of aromatic nitrogens is 2. The highest BCUT2D eigenvalue weighted by molar-refractivity contribution is 6.03. The third kappa shape index (κ3) is 3.30. The Morgan fingerprint density at radius 3 is 2.44 bits per heavy atom. The maximum Gasteiger partial charge on any atom is 0.340 e. The second kappa shape index (κ2) is 4.77. The monoisotopic (exact) mass is 255 g/mol. The smallest absolute Gasteiger partial charge is 0.340 e. The van der Waals surface area contributed by atoms with Gasteiger partial charge in [0.1, 0.15) is 5.60 Å². The Morgan fingerprint density at radius 1 is 1.44 bits per heavy atom. The van der Waals surface area contributed by atoms with E-state index in [2.05, 4.69) is 5.10 Å². The molecule has 7 heteroatoms. The van der Waals surface area contributed by atoms with Crippen molar-refractivity contribution in [2.45, 2.75) is 38.5 Å². The van der Waals surface area contributed by atoms with Crippen LogP contribution in [0, 0.1) is 0 Å². The molecule has 0 radical (unpaired) electrons. The summed E-state index contributed by atoms with van der Waals surface area (Å²) in [6.45, 7) is 4.63. The summed E-state index contributed by atoms with van der Waals surface area (Å²) in [6, 6.07) is 1.61. The van der Waals surface area contributed by atoms with Crippen molar-refractivity contribution in [2.75, 3.05) is 0 Å². The van der Waals surface area contributed by atoms with Gasteiger partial charge in [-0.2, -0.15) is 5.10 Å². The summed E-state index contributed by atoms with van der Waals surface area (Å²) in [7, 11) is 0. The summed E-state index contributed by atoms with van der Waals surface area (Å²) in [5.74, 6) is -2.44. The van der Waals surface area contributed by atoms with Gasteiger partial charge in [0, 0.05) is 12.4 Å². The van der Waals surface area contributed by atoms with Crippen LogP contribution in [0.2, 0.25) is 0 Å². The van der Waals surface area contributed by atoms with Crippen molar-refractivity contribution in [2.24, 2.45) is 5.73 Å². The number of carboxylic acids is 1. The van der Waals surface area contributed by atoms with Gasteiger partial charge in [-0.3, -0.25) is 4.68 Å². The van der Waals surface area contributed by atoms with Crippen molar-refractivity contribution in [3.63, 3.8) is 0 Å². The number of nitrogens with zero attached hydrogens (tertiary/aromatic N) is 2. The zero-order chi connectivity index (χ0) is 14.0. The lowest BCUT2D eigenvalue weighted by molar-refractivity contribution is -0.170. The van der Waals surface area contributed by atoms with Gasteiger partial charge in [0.25, 0.3) is 0 Å². The lowest BCUT2D eigenvalue weighted by Crippen LogP contribution is -2.59. The maximum absolute atomic E-state index is 11.9. The molecule has 0 saturated heterocycles. The fourth-order valence-corrected chi connectivity index (χ4v) is 1.24. The number of carboxylic acid groups (broad SMARTS) is 1. The molecule has 0 aliphatic heterocycles. The average molecular weight is 255 g/mol. The molecule has 0 aromatic carbocycles. The quantitative estimate of drug-likeness (QED) is 0.579. The minimum Gasteiger partial charge on any atom is -0.479 e. The largest absolute Gasteiger partial charge is 0.479 e. The van der Waals surface area contributed by atoms with Crippen LogP contribution in [0.25, 0.3) is 0 Å². The van der Waals surface area contributed by atoms with Crippen molar-refractivity contribution < 1.29 is 19.4 Å². The molecule has 100 valence electrons. The molecule has 18 heavy (non-hydrogen) atoms. The number of carbonyl (C=O) groups excluding carboxylic acids is 1. The second-order valence-electron chi connectivity index (χ2n) is 4.98. The number of nitrogens with two attached hydrogens (primary N) is 1. The molecular formula is C11H17N3O4. The van der Waals surface area contributed by atoms with E-state index in [9.17, 15) is 9.59 Å². The van der Waals surface area contributed by atoms with Gasteiger partial charge in [-0.15, -0.1) is 0 Å². The molecule has 0 bridgehead atoms. The molecule has 0 aliphatic carbocycles. The molecule has 7 nitrogen and oxygen atoms in total. The summed E-state index contributed by atoms with van der Waals surface area (Å²) in [4.78, 5) is 23.1. The molecule has 1 atom stereocenters. The molecule has 0 spiro atoms. The Morgan fingerprint density at radius 2 is 2.06 bits per heavy atom. The zero-order valence-corrected chi connectivity index (χ0v) is 10.6. The van der Waals surface area contributed by atoms with Crippen LogP contribution < -0.4 is 5.73 Å². The van der Waals surface area contributed by atoms with Crippen molar-refractivity contribution in [1.29, 1.82) is 0 Å². The van der Waals surface area contributed by atoms with E-state index in [1.54, 1.807) is 26.8 Å². The molecule has 1 heterocycles. The molecule has 1 aromatic rings. The summed E-state index contributed by atoms with van der Waals surface area (Å²) < 4.78 is 6.30. The highest BCUT2D eigenvalue weighted by atomic mass is 16.6. The average Bonchev–Trinajstić information content (AvgIpc) is 2.66. The first-order valence-corrected chi connectivity index (χ1v) is 5.38. The van der Waals surface area contributed by atoms with Gasteiger partial charge >= 0.3 is 11.9 Å². The van der Waals surface area contributed by atoms with Gasteiger partial charge in [0.05, 0.1) is 6.54 Å². The standard InChI is InChI=1S/C11H17N3O4/c1-10(2,3)18-9(17)11(12,8(15)16)7-14-6-4-5-13-14/h4-6H,7,12H2,1-3H3,(H,15,16). The Hall–Kier alpha value is -1.89. The summed E-state index contributed by atoms with van der Waals surface area (Å²) in [5, 5.41) is 13.0. The van der Waals surface area contributed by atoms with Gasteiger partial charge in [0.2, 0.25) is 5.54 Å². The Balaban J connectivity index is 2.93. The van der Waals surface area contributed by atoms with Crippen LogP contribution in [0.15, 0.2) is 18.5 Å². The van der Waals surface area contributed by atoms with Crippen LogP contribution in [-0.2, 0) is 20.9 Å². The topological polar surface area (TPSA) is 107 Å². The lowest BCUT2D eigenvalue weighted by Gasteiger charge is -2.27. The molecule has 1 rings (SSSR count). The first-order valence-electron chi connectivity index (χ1n) is 5.38. The molecule has 0 saturated carbocycles. The molecule has 0 amide bonds. The van der Waals surface area contributed by atoms with E-state index in [1.807, 2.05) is 0 Å². The van der Waals surface area contributed by atoms with E-state index < -0.39 is 23.1 Å². The maximum atomic E-state index is 11.9. The fraction of sp³-hybridized carbons (Fsp3) is 0.545. The van der Waals surface area contributed by atoms with E-state index in [4.69, 9.17) is 15.6 Å². The predicted octanol–water partition coefficient (Wildman–Crippen LogP) is 0.00690. The van der Waals surface area contributed by atoms with Gasteiger partial charge in [-0.1, -0.05) is 0 Å². The third-order valence-electron chi connectivity index (χ3n) is 2.12. The number of esters is 1. The van der Waals surface area contributed by atoms with Crippen molar-refractivity contribution in [3.8, 4) is 0 Å². The van der Waals surface area contributed by atoms with E-state index in [1.165, 1.54) is 17.1 Å². The van der Waals surface area contributed by atoms with Gasteiger partial charge in [0.15, 0.2) is 0 Å². The van der Waals surface area contributed by atoms with Gasteiger partial charge in [-0.25, -0.2) is 9.59 Å². The van der Waals surface area contributed by atoms with Crippen LogP contribution in [0.5, 0.6) is 0 Å². The van der Waals surface area contributed by atoms with Crippen molar-refractivity contribution >= 4 is 11.9 Å². The van der Waals surface area contributed by atoms with Crippen LogP contribution in [-0.4, -0.2) is 38.0 Å². The molecule has 0 fully saturated rings. The third-order valence-corrected chi connectivity index (χ3v) is 2.12. The van der Waals surface area contributed by atoms with Crippen molar-refractivity contribution in [1.82, 2.24) is 9.78 Å². The molecule has 1 aromatic heterocycles. The number of hydrogen-bond acceptors (Lipinski definition) is 5. The van der Waals surface area contributed by atoms with Crippen LogP contribution in [0.1, 0.15) is 20.8 Å². The zero-order valence-electron chi connectivity index (χ0n) is 10.6. The van der Waals surface area contributed by atoms with Crippen LogP contribution in [0.3, 0.4) is 0 Å². The number of rotatable bonds is 4. The van der Waals surface area contributed by atoms with E-state index in [0.717, 1.165) is 0 Å². The molecule has 1 unspecified atom stereocenters. The Labute approximate surface area is 105 Å². The van der Waals surface area contributed by atoms with E-state index >= 15 is 0 Å². The molecule has 3 N–H and O–H groups in total. The first-order chi connectivity index (χ1) is 8.15. The predicted molar refractivity (Wildman–Crippen MR) is 62.6 cm³/mol. The summed E-state index contributed by atoms with van der Waals surface area (Å²) in [6.07, 6.45) is 2.99. The van der Waals surface area contributed by atoms with E-state index in [-0.39, 0.29) is 6.54 Å². The summed E-state index contributed by atoms with van der Waals surface area (Å²) in [5.41, 5.74) is 2.69. The van der Waals surface area contributed by atoms with Crippen LogP contribution >= 0.6 is 0 Å². The normalized spacial score (nSPS) is 14.9. The Bertz CT molecular complexity index is 436. The minimum absolute atomic E-state index is 0.287. The highest BCUT2D eigenvalue weighted by Gasteiger charge is 2.46. The SMILES string of the molecule is CC(C)(C)OC(=O)C(N)(Cn1cccn1)C(=O)O. The van der Waals surface area contributed by atoms with E-state index in [0.29, 0.717) is 0 Å². The van der Waals surface area contributed by atoms with Crippen LogP contribution in [0.4, 0.5) is 0 Å². The molecular weight excluding hydrogens is 238 g/mol. The molecule has 0 aliphatic rings. The summed E-state index contributed by atoms with van der Waals surface area (Å²) >= 11 is 0. The number of ether oxygens (including phenoxy) is 1.